The number of piperidine rings is 1. The van der Waals surface area contributed by atoms with Crippen molar-refractivity contribution in [2.75, 3.05) is 34.2 Å². The van der Waals surface area contributed by atoms with Gasteiger partial charge in [0.2, 0.25) is 5.91 Å². The Balaban J connectivity index is 2.24. The normalized spacial score (nSPS) is 16.2. The van der Waals surface area contributed by atoms with Crippen LogP contribution in [0, 0.1) is 0 Å². The number of benzene rings is 1. The van der Waals surface area contributed by atoms with E-state index >= 15 is 0 Å². The van der Waals surface area contributed by atoms with Crippen LogP contribution in [0.3, 0.4) is 0 Å². The molecule has 1 atom stereocenters. The van der Waals surface area contributed by atoms with Gasteiger partial charge in [-0.05, 0) is 69.4 Å². The summed E-state index contributed by atoms with van der Waals surface area (Å²) < 4.78 is 0. The average Bonchev–Trinajstić information content (AvgIpc) is 2.73. The van der Waals surface area contributed by atoms with Crippen molar-refractivity contribution in [2.24, 2.45) is 0 Å². The van der Waals surface area contributed by atoms with Gasteiger partial charge in [-0.2, -0.15) is 0 Å². The molecule has 6 nitrogen and oxygen atoms in total. The quantitative estimate of drug-likeness (QED) is 0.551. The summed E-state index contributed by atoms with van der Waals surface area (Å²) in [5, 5.41) is 2.60. The van der Waals surface area contributed by atoms with Gasteiger partial charge < -0.3 is 15.1 Å². The van der Waals surface area contributed by atoms with Crippen molar-refractivity contribution in [1.29, 1.82) is 0 Å². The number of allylic oxidation sites excluding steroid dienone is 1. The van der Waals surface area contributed by atoms with Gasteiger partial charge in [0.05, 0.1) is 5.56 Å². The lowest BCUT2D eigenvalue weighted by Gasteiger charge is -2.30. The Kier molecular flexibility index (Phi) is 7.93. The van der Waals surface area contributed by atoms with E-state index in [0.29, 0.717) is 29.9 Å². The molecule has 0 bridgehead atoms. The van der Waals surface area contributed by atoms with Gasteiger partial charge in [0.25, 0.3) is 5.91 Å². The Morgan fingerprint density at radius 2 is 2.04 bits per heavy atom. The fourth-order valence-electron chi connectivity index (χ4n) is 3.74. The number of amides is 2. The first-order valence-electron chi connectivity index (χ1n) is 9.80. The van der Waals surface area contributed by atoms with Crippen LogP contribution in [0.1, 0.15) is 57.9 Å². The molecule has 1 unspecified atom stereocenters. The van der Waals surface area contributed by atoms with Crippen LogP contribution in [0.5, 0.6) is 0 Å². The minimum Gasteiger partial charge on any atom is -0.357 e. The Hall–Kier alpha value is -2.47. The molecule has 0 spiro atoms. The Morgan fingerprint density at radius 3 is 2.61 bits per heavy atom. The van der Waals surface area contributed by atoms with Gasteiger partial charge in [-0.15, -0.1) is 6.58 Å². The first-order valence-corrected chi connectivity index (χ1v) is 9.80. The minimum atomic E-state index is -0.608. The summed E-state index contributed by atoms with van der Waals surface area (Å²) >= 11 is 0. The number of hydrogen-bond acceptors (Lipinski definition) is 4. The fourth-order valence-corrected chi connectivity index (χ4v) is 3.74. The standard InChI is InChI=1S/C22H31N3O3/c1-5-6-7-20(21(27)23-2)25(4)22(28)19-9-8-17(14-18(19)15-26)16-10-12-24(3)13-11-16/h5,8-9,14-16,20H,1,6-7,10-13H2,2-4H3,(H,23,27). The van der Waals surface area contributed by atoms with Gasteiger partial charge in [0.15, 0.2) is 6.29 Å². The molecule has 0 radical (unpaired) electrons. The molecule has 1 heterocycles. The highest BCUT2D eigenvalue weighted by molar-refractivity contribution is 6.03. The molecule has 1 fully saturated rings. The Bertz CT molecular complexity index is 724. The molecule has 0 aromatic heterocycles. The van der Waals surface area contributed by atoms with Crippen molar-refractivity contribution >= 4 is 18.1 Å². The summed E-state index contributed by atoms with van der Waals surface area (Å²) in [4.78, 5) is 40.7. The molecule has 0 aliphatic carbocycles. The van der Waals surface area contributed by atoms with Crippen LogP contribution >= 0.6 is 0 Å². The third-order valence-electron chi connectivity index (χ3n) is 5.60. The van der Waals surface area contributed by atoms with E-state index in [1.165, 1.54) is 4.90 Å². The zero-order valence-electron chi connectivity index (χ0n) is 17.1. The monoisotopic (exact) mass is 385 g/mol. The predicted molar refractivity (Wildman–Crippen MR) is 111 cm³/mol. The second kappa shape index (κ2) is 10.2. The molecular weight excluding hydrogens is 354 g/mol. The molecule has 1 aromatic rings. The lowest BCUT2D eigenvalue weighted by Crippen LogP contribution is -2.47. The van der Waals surface area contributed by atoms with Gasteiger partial charge in [0, 0.05) is 19.7 Å². The van der Waals surface area contributed by atoms with Crippen LogP contribution in [0.15, 0.2) is 30.9 Å². The molecule has 1 saturated heterocycles. The zero-order chi connectivity index (χ0) is 20.7. The maximum absolute atomic E-state index is 13.0. The van der Waals surface area contributed by atoms with Gasteiger partial charge in [0.1, 0.15) is 6.04 Å². The molecule has 2 amide bonds. The molecule has 1 aromatic carbocycles. The third-order valence-corrected chi connectivity index (χ3v) is 5.60. The van der Waals surface area contributed by atoms with Crippen LogP contribution in [-0.2, 0) is 4.79 Å². The van der Waals surface area contributed by atoms with Crippen molar-refractivity contribution in [3.05, 3.63) is 47.5 Å². The number of likely N-dealkylation sites (N-methyl/N-ethyl adjacent to an activating group) is 2. The molecule has 1 aliphatic heterocycles. The third kappa shape index (κ3) is 5.07. The van der Waals surface area contributed by atoms with Crippen LogP contribution in [-0.4, -0.2) is 68.2 Å². The van der Waals surface area contributed by atoms with Crippen LogP contribution in [0.25, 0.3) is 0 Å². The zero-order valence-corrected chi connectivity index (χ0v) is 17.1. The summed E-state index contributed by atoms with van der Waals surface area (Å²) in [5.41, 5.74) is 1.82. The van der Waals surface area contributed by atoms with E-state index in [1.54, 1.807) is 26.2 Å². The van der Waals surface area contributed by atoms with Gasteiger partial charge >= 0.3 is 0 Å². The maximum Gasteiger partial charge on any atom is 0.255 e. The molecule has 1 N–H and O–H groups in total. The number of carbonyl (C=O) groups excluding carboxylic acids is 3. The van der Waals surface area contributed by atoms with E-state index in [1.807, 2.05) is 12.1 Å². The second-order valence-electron chi connectivity index (χ2n) is 7.45. The van der Waals surface area contributed by atoms with Gasteiger partial charge in [-0.1, -0.05) is 12.1 Å². The van der Waals surface area contributed by atoms with E-state index in [9.17, 15) is 14.4 Å². The highest BCUT2D eigenvalue weighted by Gasteiger charge is 2.28. The Morgan fingerprint density at radius 1 is 1.36 bits per heavy atom. The van der Waals surface area contributed by atoms with E-state index in [-0.39, 0.29) is 11.8 Å². The summed E-state index contributed by atoms with van der Waals surface area (Å²) in [7, 11) is 5.26. The van der Waals surface area contributed by atoms with E-state index in [4.69, 9.17) is 0 Å². The highest BCUT2D eigenvalue weighted by atomic mass is 16.2. The number of aldehydes is 1. The molecule has 2 rings (SSSR count). The van der Waals surface area contributed by atoms with Crippen molar-refractivity contribution in [3.63, 3.8) is 0 Å². The van der Waals surface area contributed by atoms with Crippen LogP contribution in [0.4, 0.5) is 0 Å². The average molecular weight is 386 g/mol. The number of carbonyl (C=O) groups is 3. The summed E-state index contributed by atoms with van der Waals surface area (Å²) in [6.07, 6.45) is 5.64. The smallest absolute Gasteiger partial charge is 0.255 e. The minimum absolute atomic E-state index is 0.228. The fraction of sp³-hybridized carbons (Fsp3) is 0.500. The highest BCUT2D eigenvalue weighted by Crippen LogP contribution is 2.29. The number of nitrogens with zero attached hydrogens (tertiary/aromatic N) is 2. The lowest BCUT2D eigenvalue weighted by molar-refractivity contribution is -0.125. The lowest BCUT2D eigenvalue weighted by atomic mass is 9.87. The SMILES string of the molecule is C=CCCC(C(=O)NC)N(C)C(=O)c1ccc(C2CCN(C)CC2)cc1C=O. The number of hydrogen-bond donors (Lipinski definition) is 1. The Labute approximate surface area is 167 Å². The number of nitrogens with one attached hydrogen (secondary N) is 1. The first-order chi connectivity index (χ1) is 13.4. The summed E-state index contributed by atoms with van der Waals surface area (Å²) in [6.45, 7) is 5.74. The molecule has 0 saturated carbocycles. The van der Waals surface area contributed by atoms with Crippen molar-refractivity contribution in [3.8, 4) is 0 Å². The largest absolute Gasteiger partial charge is 0.357 e. The van der Waals surface area contributed by atoms with Crippen molar-refractivity contribution in [1.82, 2.24) is 15.1 Å². The molecule has 152 valence electrons. The van der Waals surface area contributed by atoms with E-state index < -0.39 is 6.04 Å². The van der Waals surface area contributed by atoms with Gasteiger partial charge in [-0.3, -0.25) is 14.4 Å². The van der Waals surface area contributed by atoms with E-state index in [2.05, 4.69) is 23.8 Å². The maximum atomic E-state index is 13.0. The van der Waals surface area contributed by atoms with Gasteiger partial charge in [-0.25, -0.2) is 0 Å². The summed E-state index contributed by atoms with van der Waals surface area (Å²) in [6, 6.07) is 4.90. The topological polar surface area (TPSA) is 69.7 Å². The molecule has 1 aliphatic rings. The number of likely N-dealkylation sites (tertiary alicyclic amines) is 1. The number of rotatable bonds is 8. The molecule has 6 heteroatoms. The molecule has 28 heavy (non-hydrogen) atoms. The molecular formula is C22H31N3O3. The van der Waals surface area contributed by atoms with Crippen molar-refractivity contribution in [2.45, 2.75) is 37.6 Å². The first kappa shape index (κ1) is 21.8. The van der Waals surface area contributed by atoms with Crippen LogP contribution < -0.4 is 5.32 Å². The van der Waals surface area contributed by atoms with Crippen LogP contribution in [0.2, 0.25) is 0 Å². The summed E-state index contributed by atoms with van der Waals surface area (Å²) in [5.74, 6) is -0.147. The second-order valence-corrected chi connectivity index (χ2v) is 7.45. The van der Waals surface area contributed by atoms with E-state index in [0.717, 1.165) is 37.8 Å². The predicted octanol–water partition coefficient (Wildman–Crippen LogP) is 2.46. The van der Waals surface area contributed by atoms with Crippen molar-refractivity contribution < 1.29 is 14.4 Å².